The average molecular weight is 762 g/mol. The van der Waals surface area contributed by atoms with Gasteiger partial charge in [0.15, 0.2) is 0 Å². The molecule has 50 heavy (non-hydrogen) atoms. The summed E-state index contributed by atoms with van der Waals surface area (Å²) in [6, 6.07) is 19.7. The zero-order valence-corrected chi connectivity index (χ0v) is 31.6. The van der Waals surface area contributed by atoms with Gasteiger partial charge >= 0.3 is 0 Å². The minimum atomic E-state index is -3.77. The first-order valence-electron chi connectivity index (χ1n) is 17.2. The van der Waals surface area contributed by atoms with E-state index in [2.05, 4.69) is 9.80 Å². The molecule has 0 bridgehead atoms. The molecule has 3 heterocycles. The van der Waals surface area contributed by atoms with Crippen LogP contribution in [0.1, 0.15) is 61.4 Å². The van der Waals surface area contributed by atoms with Gasteiger partial charge in [-0.2, -0.15) is 4.31 Å². The minimum Gasteiger partial charge on any atom is -0.493 e. The maximum Gasteiger partial charge on any atom is 0.243 e. The molecule has 0 aliphatic carbocycles. The maximum absolute atomic E-state index is 14.0. The highest BCUT2D eigenvalue weighted by atomic mass is 35.5. The van der Waals surface area contributed by atoms with Crippen LogP contribution < -0.4 is 10.1 Å². The molecule has 3 aromatic rings. The van der Waals surface area contributed by atoms with Crippen LogP contribution in [-0.4, -0.2) is 101 Å². The molecule has 3 atom stereocenters. The highest BCUT2D eigenvalue weighted by Gasteiger charge is 2.45. The van der Waals surface area contributed by atoms with E-state index >= 15 is 0 Å². The number of piperidine rings is 1. The van der Waals surface area contributed by atoms with Crippen molar-refractivity contribution in [1.82, 2.24) is 19.4 Å². The Labute approximate surface area is 306 Å². The molecule has 10 nitrogen and oxygen atoms in total. The third kappa shape index (κ3) is 8.49. The number of nitrogens with zero attached hydrogens (tertiary/aromatic N) is 5. The van der Waals surface area contributed by atoms with Gasteiger partial charge in [0.1, 0.15) is 33.6 Å². The van der Waals surface area contributed by atoms with Crippen molar-refractivity contribution in [2.24, 2.45) is 4.99 Å². The molecule has 3 aromatic carbocycles. The summed E-state index contributed by atoms with van der Waals surface area (Å²) in [5, 5.41) is 6.34. The lowest BCUT2D eigenvalue weighted by atomic mass is 9.93. The number of benzene rings is 3. The van der Waals surface area contributed by atoms with Gasteiger partial charge in [-0.25, -0.2) is 22.2 Å². The van der Waals surface area contributed by atoms with E-state index < -0.39 is 25.9 Å². The molecule has 0 saturated carbocycles. The number of hydrogen-bond acceptors (Lipinski definition) is 8. The second kappa shape index (κ2) is 15.9. The first-order chi connectivity index (χ1) is 23.9. The molecular weight excluding hydrogens is 717 g/mol. The second-order valence-corrected chi connectivity index (χ2v) is 18.1. The number of ether oxygens (including phenoxy) is 1. The maximum atomic E-state index is 14.0. The van der Waals surface area contributed by atoms with Crippen molar-refractivity contribution < 1.29 is 21.6 Å². The molecule has 0 amide bonds. The van der Waals surface area contributed by atoms with Crippen LogP contribution in [0, 0.1) is 0 Å². The van der Waals surface area contributed by atoms with Gasteiger partial charge in [-0.15, -0.1) is 0 Å². The van der Waals surface area contributed by atoms with E-state index in [1.807, 2.05) is 55.5 Å². The van der Waals surface area contributed by atoms with Crippen molar-refractivity contribution in [1.29, 1.82) is 0 Å². The van der Waals surface area contributed by atoms with Gasteiger partial charge in [0, 0.05) is 49.0 Å². The smallest absolute Gasteiger partial charge is 0.243 e. The van der Waals surface area contributed by atoms with E-state index in [-0.39, 0.29) is 22.9 Å². The SMILES string of the molecule is CCOc1ccc(S(=O)(=O)N2CCCCC2)cc1C1=N[C@@H](c2ccc(Cl)cc2)[C@@H](c2ccc(Cl)cc2)N1C1CN(CCCS(C)(=O)=O)CC[N]1. The molecule has 3 aliphatic heterocycles. The fourth-order valence-electron chi connectivity index (χ4n) is 7.05. The summed E-state index contributed by atoms with van der Waals surface area (Å²) in [5.74, 6) is 1.22. The summed E-state index contributed by atoms with van der Waals surface area (Å²) in [6.07, 6.45) is 4.08. The average Bonchev–Trinajstić information content (AvgIpc) is 3.49. The number of sulfonamides is 1. The highest BCUT2D eigenvalue weighted by molar-refractivity contribution is 7.90. The number of aliphatic imine (C=N–C) groups is 1. The van der Waals surface area contributed by atoms with Gasteiger partial charge in [-0.1, -0.05) is 53.9 Å². The molecule has 0 N–H and O–H groups in total. The van der Waals surface area contributed by atoms with E-state index in [0.29, 0.717) is 79.5 Å². The van der Waals surface area contributed by atoms with Crippen LogP contribution in [0.3, 0.4) is 0 Å². The molecule has 2 fully saturated rings. The Morgan fingerprint density at radius 1 is 0.860 bits per heavy atom. The van der Waals surface area contributed by atoms with Crippen LogP contribution in [0.2, 0.25) is 10.0 Å². The van der Waals surface area contributed by atoms with Crippen LogP contribution >= 0.6 is 23.2 Å². The van der Waals surface area contributed by atoms with Gasteiger partial charge in [0.25, 0.3) is 0 Å². The first kappa shape index (κ1) is 37.1. The van der Waals surface area contributed by atoms with Crippen molar-refractivity contribution in [2.45, 2.75) is 55.8 Å². The standard InChI is InChI=1S/C36H44Cl2N5O5S2/c1-3-48-32-17-16-30(50(46,47)42-20-5-4-6-21-42)24-31(32)36-40-34(26-8-12-28(37)13-9-26)35(27-10-14-29(38)15-11-27)43(36)33-25-41(22-18-39-33)19-7-23-49(2,44)45/h8-17,24,33-35H,3-7,18-23,25H2,1-2H3/t33?,34-,35+/m0/s1. The Morgan fingerprint density at radius 2 is 1.52 bits per heavy atom. The monoisotopic (exact) mass is 760 g/mol. The Balaban J connectivity index is 1.49. The molecule has 6 rings (SSSR count). The van der Waals surface area contributed by atoms with Gasteiger partial charge in [0.05, 0.1) is 28.9 Å². The summed E-state index contributed by atoms with van der Waals surface area (Å²) in [5.41, 5.74) is 2.47. The van der Waals surface area contributed by atoms with E-state index in [4.69, 9.17) is 38.2 Å². The molecule has 269 valence electrons. The quantitative estimate of drug-likeness (QED) is 0.230. The van der Waals surface area contributed by atoms with E-state index in [1.165, 1.54) is 6.26 Å². The fraction of sp³-hybridized carbons (Fsp3) is 0.472. The number of amidine groups is 1. The molecule has 3 aliphatic rings. The fourth-order valence-corrected chi connectivity index (χ4v) is 9.49. The predicted octanol–water partition coefficient (Wildman–Crippen LogP) is 5.79. The summed E-state index contributed by atoms with van der Waals surface area (Å²) >= 11 is 12.7. The minimum absolute atomic E-state index is 0.115. The molecule has 2 saturated heterocycles. The van der Waals surface area contributed by atoms with Crippen LogP contribution in [-0.2, 0) is 19.9 Å². The topological polar surface area (TPSA) is 114 Å². The lowest BCUT2D eigenvalue weighted by Gasteiger charge is -2.42. The lowest BCUT2D eigenvalue weighted by Crippen LogP contribution is -2.57. The van der Waals surface area contributed by atoms with E-state index in [9.17, 15) is 16.8 Å². The first-order valence-corrected chi connectivity index (χ1v) is 21.4. The van der Waals surface area contributed by atoms with Crippen LogP contribution in [0.4, 0.5) is 0 Å². The molecular formula is C36H44Cl2N5O5S2. The number of sulfone groups is 1. The number of hydrogen-bond donors (Lipinski definition) is 0. The normalized spacial score (nSPS) is 22.4. The van der Waals surface area contributed by atoms with E-state index in [1.54, 1.807) is 22.5 Å². The van der Waals surface area contributed by atoms with Gasteiger partial charge < -0.3 is 9.64 Å². The summed E-state index contributed by atoms with van der Waals surface area (Å²) in [7, 11) is -6.86. The second-order valence-electron chi connectivity index (χ2n) is 13.1. The number of piperazine rings is 1. The van der Waals surface area contributed by atoms with Crippen molar-refractivity contribution in [3.8, 4) is 5.75 Å². The Bertz CT molecular complexity index is 1890. The van der Waals surface area contributed by atoms with Crippen LogP contribution in [0.5, 0.6) is 5.75 Å². The zero-order chi connectivity index (χ0) is 35.5. The van der Waals surface area contributed by atoms with Crippen molar-refractivity contribution in [3.05, 3.63) is 93.5 Å². The zero-order valence-electron chi connectivity index (χ0n) is 28.4. The molecule has 1 radical (unpaired) electrons. The van der Waals surface area contributed by atoms with Crippen molar-refractivity contribution >= 4 is 48.9 Å². The third-order valence-electron chi connectivity index (χ3n) is 9.46. The molecule has 0 spiro atoms. The Kier molecular flexibility index (Phi) is 11.8. The summed E-state index contributed by atoms with van der Waals surface area (Å²) < 4.78 is 59.5. The lowest BCUT2D eigenvalue weighted by molar-refractivity contribution is 0.103. The summed E-state index contributed by atoms with van der Waals surface area (Å²) in [6.45, 7) is 5.66. The van der Waals surface area contributed by atoms with Gasteiger partial charge in [-0.3, -0.25) is 9.89 Å². The van der Waals surface area contributed by atoms with Gasteiger partial charge in [-0.05, 0) is 86.3 Å². The third-order valence-corrected chi connectivity index (χ3v) is 12.9. The Morgan fingerprint density at radius 3 is 2.16 bits per heavy atom. The molecule has 0 aromatic heterocycles. The van der Waals surface area contributed by atoms with Gasteiger partial charge in [0.2, 0.25) is 10.0 Å². The number of rotatable bonds is 12. The summed E-state index contributed by atoms with van der Waals surface area (Å²) in [4.78, 5) is 10.0. The van der Waals surface area contributed by atoms with Crippen molar-refractivity contribution in [2.75, 3.05) is 57.9 Å². The van der Waals surface area contributed by atoms with Crippen LogP contribution in [0.15, 0.2) is 76.6 Å². The molecule has 1 unspecified atom stereocenters. The molecule has 14 heteroatoms. The largest absolute Gasteiger partial charge is 0.493 e. The Hall–Kier alpha value is -2.71. The van der Waals surface area contributed by atoms with Crippen molar-refractivity contribution in [3.63, 3.8) is 0 Å². The predicted molar refractivity (Wildman–Crippen MR) is 199 cm³/mol. The number of halogens is 2. The van der Waals surface area contributed by atoms with E-state index in [0.717, 1.165) is 30.4 Å². The van der Waals surface area contributed by atoms with Crippen LogP contribution in [0.25, 0.3) is 0 Å². The highest BCUT2D eigenvalue weighted by Crippen LogP contribution is 2.46.